The highest BCUT2D eigenvalue weighted by atomic mass is 32.2. The van der Waals surface area contributed by atoms with Gasteiger partial charge in [-0.25, -0.2) is 0 Å². The molecular weight excluding hydrogens is 312 g/mol. The molecule has 0 aromatic heterocycles. The Hall–Kier alpha value is -2.15. The molecule has 0 bridgehead atoms. The lowest BCUT2D eigenvalue weighted by Gasteiger charge is -2.10. The first kappa shape index (κ1) is 17.2. The number of carbonyl (C=O) groups is 2. The average Bonchev–Trinajstić information content (AvgIpc) is 2.80. The van der Waals surface area contributed by atoms with Gasteiger partial charge in [-0.3, -0.25) is 9.59 Å². The first-order valence-corrected chi connectivity index (χ1v) is 8.16. The fraction of sp³-hybridized carbons (Fsp3) is 0.375. The summed E-state index contributed by atoms with van der Waals surface area (Å²) < 4.78 is 0. The molecule has 122 valence electrons. The van der Waals surface area contributed by atoms with E-state index in [1.165, 1.54) is 11.8 Å². The lowest BCUT2D eigenvalue weighted by atomic mass is 10.1. The predicted octanol–water partition coefficient (Wildman–Crippen LogP) is 2.62. The summed E-state index contributed by atoms with van der Waals surface area (Å²) >= 11 is 1.23. The van der Waals surface area contributed by atoms with Gasteiger partial charge in [-0.2, -0.15) is 5.10 Å². The molecule has 0 spiro atoms. The van der Waals surface area contributed by atoms with Gasteiger partial charge in [0.1, 0.15) is 5.25 Å². The quantitative estimate of drug-likeness (QED) is 0.657. The maximum absolute atomic E-state index is 12.2. The summed E-state index contributed by atoms with van der Waals surface area (Å²) in [7, 11) is 0. The van der Waals surface area contributed by atoms with Gasteiger partial charge in [0.25, 0.3) is 0 Å². The van der Waals surface area contributed by atoms with Crippen molar-refractivity contribution in [2.75, 3.05) is 5.32 Å². The second-order valence-corrected chi connectivity index (χ2v) is 6.81. The predicted molar refractivity (Wildman–Crippen MR) is 94.9 cm³/mol. The Morgan fingerprint density at radius 2 is 2.09 bits per heavy atom. The second kappa shape index (κ2) is 7.41. The molecule has 2 rings (SSSR count). The molecule has 7 heteroatoms. The van der Waals surface area contributed by atoms with Crippen LogP contribution in [-0.4, -0.2) is 27.9 Å². The Balaban J connectivity index is 1.96. The lowest BCUT2D eigenvalue weighted by molar-refractivity contribution is -0.122. The fourth-order valence-corrected chi connectivity index (χ4v) is 2.97. The molecule has 1 aromatic rings. The fourth-order valence-electron chi connectivity index (χ4n) is 2.06. The van der Waals surface area contributed by atoms with Gasteiger partial charge in [-0.1, -0.05) is 29.5 Å². The lowest BCUT2D eigenvalue weighted by Crippen LogP contribution is -2.28. The van der Waals surface area contributed by atoms with Crippen LogP contribution >= 0.6 is 11.8 Å². The topological polar surface area (TPSA) is 82.9 Å². The summed E-state index contributed by atoms with van der Waals surface area (Å²) in [4.78, 5) is 24.0. The van der Waals surface area contributed by atoms with Crippen LogP contribution in [0.2, 0.25) is 0 Å². The standard InChI is InChI=1S/C16H20N4O2S/c1-9(2)19-20-16-18-15(22)13(23-16)8-14(21)17-12-6-5-10(3)7-11(12)4/h5-7,13H,8H2,1-4H3,(H,17,21)(H,18,20,22)/t13-/m0/s1. The zero-order valence-corrected chi connectivity index (χ0v) is 14.5. The van der Waals surface area contributed by atoms with Crippen molar-refractivity contribution in [2.45, 2.75) is 39.4 Å². The van der Waals surface area contributed by atoms with Crippen molar-refractivity contribution < 1.29 is 9.59 Å². The largest absolute Gasteiger partial charge is 0.326 e. The number of nitrogens with one attached hydrogen (secondary N) is 2. The SMILES string of the molecule is CC(C)=N/N=C1\NC(=O)[C@H](CC(=O)Nc2ccc(C)cc2C)S1. The number of amides is 2. The summed E-state index contributed by atoms with van der Waals surface area (Å²) in [5.74, 6) is -0.408. The highest BCUT2D eigenvalue weighted by molar-refractivity contribution is 8.15. The molecule has 1 fully saturated rings. The van der Waals surface area contributed by atoms with E-state index < -0.39 is 5.25 Å². The van der Waals surface area contributed by atoms with Crippen molar-refractivity contribution in [3.63, 3.8) is 0 Å². The van der Waals surface area contributed by atoms with Crippen LogP contribution in [0.4, 0.5) is 5.69 Å². The first-order valence-electron chi connectivity index (χ1n) is 7.28. The number of benzene rings is 1. The zero-order valence-electron chi connectivity index (χ0n) is 13.6. The number of aryl methyl sites for hydroxylation is 2. The van der Waals surface area contributed by atoms with Gasteiger partial charge < -0.3 is 10.6 Å². The van der Waals surface area contributed by atoms with Crippen molar-refractivity contribution >= 4 is 40.1 Å². The van der Waals surface area contributed by atoms with Crippen LogP contribution in [0.5, 0.6) is 0 Å². The van der Waals surface area contributed by atoms with Crippen LogP contribution in [0.1, 0.15) is 31.4 Å². The van der Waals surface area contributed by atoms with Crippen LogP contribution in [0.3, 0.4) is 0 Å². The molecule has 6 nitrogen and oxygen atoms in total. The summed E-state index contributed by atoms with van der Waals surface area (Å²) in [6.45, 7) is 7.58. The van der Waals surface area contributed by atoms with Crippen LogP contribution in [-0.2, 0) is 9.59 Å². The smallest absolute Gasteiger partial charge is 0.240 e. The summed E-state index contributed by atoms with van der Waals surface area (Å²) in [5.41, 5.74) is 3.70. The van der Waals surface area contributed by atoms with Crippen molar-refractivity contribution in [2.24, 2.45) is 10.2 Å². The number of carbonyl (C=O) groups excluding carboxylic acids is 2. The number of rotatable bonds is 4. The number of amidine groups is 1. The van der Waals surface area contributed by atoms with Crippen LogP contribution in [0.15, 0.2) is 28.4 Å². The molecule has 0 unspecified atom stereocenters. The minimum Gasteiger partial charge on any atom is -0.326 e. The molecule has 2 N–H and O–H groups in total. The average molecular weight is 332 g/mol. The summed E-state index contributed by atoms with van der Waals surface area (Å²) in [5, 5.41) is 13.3. The minimum atomic E-state index is -0.480. The van der Waals surface area contributed by atoms with Gasteiger partial charge in [0, 0.05) is 17.8 Å². The molecule has 1 heterocycles. The Labute approximate surface area is 139 Å². The highest BCUT2D eigenvalue weighted by Gasteiger charge is 2.32. The molecule has 1 aliphatic heterocycles. The molecule has 0 radical (unpaired) electrons. The van der Waals surface area contributed by atoms with E-state index in [9.17, 15) is 9.59 Å². The Bertz CT molecular complexity index is 693. The van der Waals surface area contributed by atoms with Gasteiger partial charge >= 0.3 is 0 Å². The van der Waals surface area contributed by atoms with Crippen LogP contribution < -0.4 is 10.6 Å². The third kappa shape index (κ3) is 4.92. The van der Waals surface area contributed by atoms with Gasteiger partial charge in [-0.15, -0.1) is 5.10 Å². The van der Waals surface area contributed by atoms with E-state index in [1.54, 1.807) is 0 Å². The number of thioether (sulfide) groups is 1. The van der Waals surface area contributed by atoms with E-state index in [-0.39, 0.29) is 18.2 Å². The number of nitrogens with zero attached hydrogens (tertiary/aromatic N) is 2. The van der Waals surface area contributed by atoms with Crippen molar-refractivity contribution in [3.05, 3.63) is 29.3 Å². The molecule has 1 aromatic carbocycles. The van der Waals surface area contributed by atoms with Gasteiger partial charge in [0.05, 0.1) is 0 Å². The Kier molecular flexibility index (Phi) is 5.54. The number of anilines is 1. The van der Waals surface area contributed by atoms with Gasteiger partial charge in [0.15, 0.2) is 5.17 Å². The third-order valence-electron chi connectivity index (χ3n) is 3.14. The number of hydrogen-bond acceptors (Lipinski definition) is 5. The molecular formula is C16H20N4O2S. The van der Waals surface area contributed by atoms with E-state index in [0.29, 0.717) is 5.17 Å². The van der Waals surface area contributed by atoms with E-state index in [1.807, 2.05) is 45.9 Å². The van der Waals surface area contributed by atoms with Crippen molar-refractivity contribution in [3.8, 4) is 0 Å². The van der Waals surface area contributed by atoms with E-state index in [0.717, 1.165) is 22.5 Å². The Morgan fingerprint density at radius 1 is 1.35 bits per heavy atom. The molecule has 2 amide bonds. The van der Waals surface area contributed by atoms with Crippen molar-refractivity contribution in [1.82, 2.24) is 5.32 Å². The monoisotopic (exact) mass is 332 g/mol. The molecule has 23 heavy (non-hydrogen) atoms. The Morgan fingerprint density at radius 3 is 2.74 bits per heavy atom. The summed E-state index contributed by atoms with van der Waals surface area (Å²) in [6.07, 6.45) is 0.0949. The van der Waals surface area contributed by atoms with Crippen LogP contribution in [0.25, 0.3) is 0 Å². The van der Waals surface area contributed by atoms with E-state index in [4.69, 9.17) is 0 Å². The second-order valence-electron chi connectivity index (χ2n) is 5.62. The highest BCUT2D eigenvalue weighted by Crippen LogP contribution is 2.24. The maximum Gasteiger partial charge on any atom is 0.240 e. The third-order valence-corrected chi connectivity index (χ3v) is 4.22. The number of hydrogen-bond donors (Lipinski definition) is 2. The molecule has 0 aliphatic carbocycles. The zero-order chi connectivity index (χ0) is 17.0. The summed E-state index contributed by atoms with van der Waals surface area (Å²) in [6, 6.07) is 5.81. The van der Waals surface area contributed by atoms with E-state index in [2.05, 4.69) is 20.8 Å². The van der Waals surface area contributed by atoms with Crippen LogP contribution in [0, 0.1) is 13.8 Å². The van der Waals surface area contributed by atoms with Gasteiger partial charge in [0.2, 0.25) is 11.8 Å². The minimum absolute atomic E-state index is 0.0949. The van der Waals surface area contributed by atoms with Gasteiger partial charge in [-0.05, 0) is 39.3 Å². The molecule has 0 saturated carbocycles. The molecule has 1 aliphatic rings. The first-order chi connectivity index (χ1) is 10.8. The maximum atomic E-state index is 12.2. The molecule has 1 atom stereocenters. The normalized spacial score (nSPS) is 18.7. The van der Waals surface area contributed by atoms with Crippen molar-refractivity contribution in [1.29, 1.82) is 0 Å². The molecule has 1 saturated heterocycles. The van der Waals surface area contributed by atoms with E-state index >= 15 is 0 Å².